The third-order valence-corrected chi connectivity index (χ3v) is 5.23. The largest absolute Gasteiger partial charge is 0.325 e. The first-order valence-corrected chi connectivity index (χ1v) is 8.82. The first kappa shape index (κ1) is 16.7. The summed E-state index contributed by atoms with van der Waals surface area (Å²) in [7, 11) is 0. The van der Waals surface area contributed by atoms with Crippen molar-refractivity contribution in [2.75, 3.05) is 11.1 Å². The Hall–Kier alpha value is -0.680. The molecule has 21 heavy (non-hydrogen) atoms. The summed E-state index contributed by atoms with van der Waals surface area (Å²) in [5, 5.41) is 4.11. The van der Waals surface area contributed by atoms with Gasteiger partial charge in [-0.15, -0.1) is 11.8 Å². The van der Waals surface area contributed by atoms with Gasteiger partial charge in [0.1, 0.15) is 0 Å². The van der Waals surface area contributed by atoms with Gasteiger partial charge >= 0.3 is 0 Å². The molecule has 0 unspecified atom stereocenters. The molecule has 0 bridgehead atoms. The maximum atomic E-state index is 11.9. The highest BCUT2D eigenvalue weighted by molar-refractivity contribution is 9.10. The normalized spacial score (nSPS) is 10.4. The maximum absolute atomic E-state index is 11.9. The number of rotatable bonds is 5. The molecule has 0 fully saturated rings. The lowest BCUT2D eigenvalue weighted by atomic mass is 10.2. The molecule has 1 N–H and O–H groups in total. The Morgan fingerprint density at radius 2 is 1.90 bits per heavy atom. The number of benzene rings is 2. The van der Waals surface area contributed by atoms with Crippen LogP contribution in [0.3, 0.4) is 0 Å². The monoisotopic (exact) mass is 403 g/mol. The Balaban J connectivity index is 1.82. The zero-order valence-electron chi connectivity index (χ0n) is 10.9. The molecule has 0 heterocycles. The van der Waals surface area contributed by atoms with Crippen molar-refractivity contribution in [1.29, 1.82) is 0 Å². The lowest BCUT2D eigenvalue weighted by molar-refractivity contribution is -0.113. The summed E-state index contributed by atoms with van der Waals surface area (Å²) in [6.45, 7) is 0. The van der Waals surface area contributed by atoms with Crippen LogP contribution in [0.15, 0.2) is 46.9 Å². The zero-order chi connectivity index (χ0) is 15.2. The highest BCUT2D eigenvalue weighted by atomic mass is 79.9. The van der Waals surface area contributed by atoms with Crippen LogP contribution in [-0.4, -0.2) is 11.7 Å². The standard InChI is InChI=1S/C15H12BrCl2NOS/c16-12-6-5-11(7-14(12)18)19-15(20)9-21-8-10-3-1-2-4-13(10)17/h1-7H,8-9H2,(H,19,20). The molecule has 0 radical (unpaired) electrons. The van der Waals surface area contributed by atoms with Gasteiger partial charge in [0.15, 0.2) is 0 Å². The molecular formula is C15H12BrCl2NOS. The number of hydrogen-bond acceptors (Lipinski definition) is 2. The van der Waals surface area contributed by atoms with Gasteiger partial charge in [0.2, 0.25) is 5.91 Å². The zero-order valence-corrected chi connectivity index (χ0v) is 14.8. The van der Waals surface area contributed by atoms with E-state index in [1.54, 1.807) is 18.2 Å². The van der Waals surface area contributed by atoms with Crippen LogP contribution in [0.25, 0.3) is 0 Å². The van der Waals surface area contributed by atoms with Gasteiger partial charge in [-0.1, -0.05) is 41.4 Å². The van der Waals surface area contributed by atoms with Crippen molar-refractivity contribution in [3.05, 3.63) is 62.5 Å². The van der Waals surface area contributed by atoms with E-state index in [1.807, 2.05) is 24.3 Å². The molecule has 0 aliphatic heterocycles. The molecule has 0 saturated carbocycles. The van der Waals surface area contributed by atoms with Gasteiger partial charge in [0, 0.05) is 20.9 Å². The molecule has 0 aliphatic carbocycles. The van der Waals surface area contributed by atoms with Gasteiger partial charge in [0.25, 0.3) is 0 Å². The van der Waals surface area contributed by atoms with E-state index in [1.165, 1.54) is 11.8 Å². The summed E-state index contributed by atoms with van der Waals surface area (Å²) in [4.78, 5) is 11.9. The summed E-state index contributed by atoms with van der Waals surface area (Å²) in [5.41, 5.74) is 1.72. The van der Waals surface area contributed by atoms with Crippen molar-refractivity contribution < 1.29 is 4.79 Å². The number of carbonyl (C=O) groups is 1. The number of halogens is 3. The number of carbonyl (C=O) groups excluding carboxylic acids is 1. The third-order valence-electron chi connectivity index (χ3n) is 2.65. The van der Waals surface area contributed by atoms with Crippen molar-refractivity contribution in [2.24, 2.45) is 0 Å². The molecule has 0 saturated heterocycles. The topological polar surface area (TPSA) is 29.1 Å². The second kappa shape index (κ2) is 8.08. The molecule has 2 aromatic carbocycles. The van der Waals surface area contributed by atoms with Crippen LogP contribution < -0.4 is 5.32 Å². The average molecular weight is 405 g/mol. The minimum atomic E-state index is -0.0644. The van der Waals surface area contributed by atoms with Gasteiger partial charge in [0.05, 0.1) is 10.8 Å². The highest BCUT2D eigenvalue weighted by Crippen LogP contribution is 2.26. The lowest BCUT2D eigenvalue weighted by Crippen LogP contribution is -2.14. The van der Waals surface area contributed by atoms with Crippen molar-refractivity contribution in [1.82, 2.24) is 0 Å². The Morgan fingerprint density at radius 3 is 2.62 bits per heavy atom. The van der Waals surface area contributed by atoms with E-state index in [0.29, 0.717) is 22.2 Å². The molecular weight excluding hydrogens is 393 g/mol. The van der Waals surface area contributed by atoms with E-state index in [-0.39, 0.29) is 5.91 Å². The summed E-state index contributed by atoms with van der Waals surface area (Å²) in [6, 6.07) is 12.9. The highest BCUT2D eigenvalue weighted by Gasteiger charge is 2.06. The van der Waals surface area contributed by atoms with Gasteiger partial charge in [-0.25, -0.2) is 0 Å². The summed E-state index contributed by atoms with van der Waals surface area (Å²) < 4.78 is 0.801. The molecule has 0 aromatic heterocycles. The van der Waals surface area contributed by atoms with Crippen LogP contribution in [-0.2, 0) is 10.5 Å². The van der Waals surface area contributed by atoms with E-state index in [2.05, 4.69) is 21.2 Å². The van der Waals surface area contributed by atoms with E-state index in [0.717, 1.165) is 15.1 Å². The van der Waals surface area contributed by atoms with Crippen LogP contribution >= 0.6 is 50.9 Å². The number of nitrogens with one attached hydrogen (secondary N) is 1. The molecule has 1 amide bonds. The average Bonchev–Trinajstić information content (AvgIpc) is 2.45. The van der Waals surface area contributed by atoms with Gasteiger partial charge in [-0.05, 0) is 45.8 Å². The van der Waals surface area contributed by atoms with Crippen LogP contribution in [0.2, 0.25) is 10.0 Å². The predicted octanol–water partition coefficient (Wildman–Crippen LogP) is 5.63. The number of hydrogen-bond donors (Lipinski definition) is 1. The van der Waals surface area contributed by atoms with Crippen LogP contribution in [0, 0.1) is 0 Å². The third kappa shape index (κ3) is 5.22. The van der Waals surface area contributed by atoms with E-state index in [4.69, 9.17) is 23.2 Å². The molecule has 6 heteroatoms. The summed E-state index contributed by atoms with van der Waals surface area (Å²) in [6.07, 6.45) is 0. The molecule has 0 spiro atoms. The molecule has 0 atom stereocenters. The van der Waals surface area contributed by atoms with Crippen LogP contribution in [0.5, 0.6) is 0 Å². The Kier molecular flexibility index (Phi) is 6.42. The van der Waals surface area contributed by atoms with Gasteiger partial charge < -0.3 is 5.32 Å². The molecule has 2 aromatic rings. The van der Waals surface area contributed by atoms with E-state index < -0.39 is 0 Å². The minimum Gasteiger partial charge on any atom is -0.325 e. The smallest absolute Gasteiger partial charge is 0.234 e. The fraction of sp³-hybridized carbons (Fsp3) is 0.133. The molecule has 2 rings (SSSR count). The summed E-state index contributed by atoms with van der Waals surface area (Å²) >= 11 is 16.9. The Morgan fingerprint density at radius 1 is 1.14 bits per heavy atom. The Labute approximate surface area is 146 Å². The van der Waals surface area contributed by atoms with Crippen molar-refractivity contribution in [2.45, 2.75) is 5.75 Å². The maximum Gasteiger partial charge on any atom is 0.234 e. The second-order valence-corrected chi connectivity index (χ2v) is 6.92. The fourth-order valence-electron chi connectivity index (χ4n) is 1.64. The van der Waals surface area contributed by atoms with Crippen LogP contribution in [0.4, 0.5) is 5.69 Å². The van der Waals surface area contributed by atoms with Crippen LogP contribution in [0.1, 0.15) is 5.56 Å². The predicted molar refractivity (Wildman–Crippen MR) is 95.4 cm³/mol. The molecule has 110 valence electrons. The van der Waals surface area contributed by atoms with Crippen molar-refractivity contribution >= 4 is 62.5 Å². The quantitative estimate of drug-likeness (QED) is 0.699. The molecule has 2 nitrogen and oxygen atoms in total. The number of amides is 1. The first-order chi connectivity index (χ1) is 10.1. The second-order valence-electron chi connectivity index (χ2n) is 4.26. The lowest BCUT2D eigenvalue weighted by Gasteiger charge is -2.07. The van der Waals surface area contributed by atoms with E-state index in [9.17, 15) is 4.79 Å². The van der Waals surface area contributed by atoms with Crippen molar-refractivity contribution in [3.63, 3.8) is 0 Å². The summed E-state index contributed by atoms with van der Waals surface area (Å²) in [5.74, 6) is 0.998. The number of thioether (sulfide) groups is 1. The molecule has 0 aliphatic rings. The van der Waals surface area contributed by atoms with E-state index >= 15 is 0 Å². The minimum absolute atomic E-state index is 0.0644. The van der Waals surface area contributed by atoms with Crippen molar-refractivity contribution in [3.8, 4) is 0 Å². The fourth-order valence-corrected chi connectivity index (χ4v) is 3.18. The number of anilines is 1. The Bertz CT molecular complexity index is 651. The first-order valence-electron chi connectivity index (χ1n) is 6.12. The SMILES string of the molecule is O=C(CSCc1ccccc1Cl)Nc1ccc(Br)c(Cl)c1. The van der Waals surface area contributed by atoms with Gasteiger partial charge in [-0.2, -0.15) is 0 Å². The van der Waals surface area contributed by atoms with Gasteiger partial charge in [-0.3, -0.25) is 4.79 Å².